The minimum atomic E-state index is -0.412. The number of carbonyl (C=O) groups is 1. The molecule has 0 aliphatic rings. The topological polar surface area (TPSA) is 104 Å². The van der Waals surface area contributed by atoms with Crippen LogP contribution in [0.25, 0.3) is 11.0 Å². The first-order valence-corrected chi connectivity index (χ1v) is 8.95. The van der Waals surface area contributed by atoms with Crippen LogP contribution < -0.4 is 10.9 Å². The number of H-pyrrole nitrogens is 2. The largest absolute Gasteiger partial charge is 0.355 e. The SMILES string of the molecule is Cc1cc(=O)[nH]c(SC(C)C(=O)NCCc2nc3ccc(F)cc3[nH]2)n1. The molecule has 0 saturated heterocycles. The van der Waals surface area contributed by atoms with E-state index in [9.17, 15) is 14.0 Å². The number of carbonyl (C=O) groups excluding carboxylic acids is 1. The number of imidazole rings is 1. The van der Waals surface area contributed by atoms with Crippen LogP contribution in [0.15, 0.2) is 34.2 Å². The molecule has 9 heteroatoms. The lowest BCUT2D eigenvalue weighted by atomic mass is 10.3. The molecule has 2 heterocycles. The number of aryl methyl sites for hydroxylation is 1. The van der Waals surface area contributed by atoms with Crippen LogP contribution in [0.3, 0.4) is 0 Å². The van der Waals surface area contributed by atoms with Crippen LogP contribution in [0, 0.1) is 12.7 Å². The van der Waals surface area contributed by atoms with Gasteiger partial charge in [0.15, 0.2) is 5.16 Å². The third-order valence-corrected chi connectivity index (χ3v) is 4.64. The van der Waals surface area contributed by atoms with Gasteiger partial charge in [0.05, 0.1) is 16.3 Å². The minimum Gasteiger partial charge on any atom is -0.355 e. The van der Waals surface area contributed by atoms with Gasteiger partial charge in [0.2, 0.25) is 5.91 Å². The molecule has 7 nitrogen and oxygen atoms in total. The van der Waals surface area contributed by atoms with Crippen molar-refractivity contribution in [3.05, 3.63) is 52.0 Å². The van der Waals surface area contributed by atoms with Crippen LogP contribution >= 0.6 is 11.8 Å². The monoisotopic (exact) mass is 375 g/mol. The van der Waals surface area contributed by atoms with Gasteiger partial charge in [-0.15, -0.1) is 0 Å². The van der Waals surface area contributed by atoms with Gasteiger partial charge in [-0.25, -0.2) is 14.4 Å². The van der Waals surface area contributed by atoms with Crippen LogP contribution in [-0.4, -0.2) is 37.6 Å². The fraction of sp³-hybridized carbons (Fsp3) is 0.294. The molecule has 3 rings (SSSR count). The molecule has 1 atom stereocenters. The smallest absolute Gasteiger partial charge is 0.251 e. The number of aromatic nitrogens is 4. The number of rotatable bonds is 6. The van der Waals surface area contributed by atoms with Crippen molar-refractivity contribution in [3.8, 4) is 0 Å². The summed E-state index contributed by atoms with van der Waals surface area (Å²) in [7, 11) is 0. The first-order valence-electron chi connectivity index (χ1n) is 8.07. The predicted molar refractivity (Wildman–Crippen MR) is 97.7 cm³/mol. The Morgan fingerprint density at radius 2 is 2.12 bits per heavy atom. The maximum absolute atomic E-state index is 13.2. The Labute approximate surface area is 152 Å². The second-order valence-electron chi connectivity index (χ2n) is 5.84. The van der Waals surface area contributed by atoms with Crippen molar-refractivity contribution >= 4 is 28.7 Å². The number of nitrogens with zero attached hydrogens (tertiary/aromatic N) is 2. The van der Waals surface area contributed by atoms with Crippen LogP contribution in [0.4, 0.5) is 4.39 Å². The van der Waals surface area contributed by atoms with Gasteiger partial charge in [-0.2, -0.15) is 0 Å². The third-order valence-electron chi connectivity index (χ3n) is 3.66. The van der Waals surface area contributed by atoms with E-state index in [2.05, 4.69) is 25.3 Å². The summed E-state index contributed by atoms with van der Waals surface area (Å²) in [5.74, 6) is 0.187. The summed E-state index contributed by atoms with van der Waals surface area (Å²) in [5.41, 5.74) is 1.68. The average molecular weight is 375 g/mol. The number of aromatic amines is 2. The van der Waals surface area contributed by atoms with Gasteiger partial charge < -0.3 is 15.3 Å². The maximum Gasteiger partial charge on any atom is 0.251 e. The summed E-state index contributed by atoms with van der Waals surface area (Å²) in [6.07, 6.45) is 0.499. The van der Waals surface area contributed by atoms with E-state index in [4.69, 9.17) is 0 Å². The first-order chi connectivity index (χ1) is 12.4. The first kappa shape index (κ1) is 18.1. The van der Waals surface area contributed by atoms with Gasteiger partial charge in [0.25, 0.3) is 5.56 Å². The normalized spacial score (nSPS) is 12.3. The number of amides is 1. The van der Waals surface area contributed by atoms with Gasteiger partial charge in [0, 0.05) is 24.7 Å². The average Bonchev–Trinajstić information content (AvgIpc) is 2.95. The lowest BCUT2D eigenvalue weighted by Gasteiger charge is -2.11. The van der Waals surface area contributed by atoms with Gasteiger partial charge >= 0.3 is 0 Å². The third kappa shape index (κ3) is 4.48. The van der Waals surface area contributed by atoms with Crippen molar-refractivity contribution in [1.82, 2.24) is 25.3 Å². The Hall–Kier alpha value is -2.68. The van der Waals surface area contributed by atoms with E-state index >= 15 is 0 Å². The summed E-state index contributed by atoms with van der Waals surface area (Å²) in [4.78, 5) is 37.8. The molecule has 2 aromatic heterocycles. The highest BCUT2D eigenvalue weighted by molar-refractivity contribution is 8.00. The number of hydrogen-bond acceptors (Lipinski definition) is 5. The van der Waals surface area contributed by atoms with Crippen molar-refractivity contribution < 1.29 is 9.18 Å². The summed E-state index contributed by atoms with van der Waals surface area (Å²) >= 11 is 1.19. The van der Waals surface area contributed by atoms with Gasteiger partial charge in [-0.1, -0.05) is 11.8 Å². The zero-order valence-corrected chi connectivity index (χ0v) is 15.1. The lowest BCUT2D eigenvalue weighted by Crippen LogP contribution is -2.32. The molecule has 0 aliphatic heterocycles. The van der Waals surface area contributed by atoms with Crippen molar-refractivity contribution in [2.75, 3.05) is 6.54 Å². The number of nitrogens with one attached hydrogen (secondary N) is 3. The Balaban J connectivity index is 1.53. The van der Waals surface area contributed by atoms with Gasteiger partial charge in [0.1, 0.15) is 11.6 Å². The van der Waals surface area contributed by atoms with Crippen LogP contribution in [-0.2, 0) is 11.2 Å². The Morgan fingerprint density at radius 3 is 2.88 bits per heavy atom. The fourth-order valence-electron chi connectivity index (χ4n) is 2.43. The zero-order chi connectivity index (χ0) is 18.7. The van der Waals surface area contributed by atoms with Crippen molar-refractivity contribution in [1.29, 1.82) is 0 Å². The quantitative estimate of drug-likeness (QED) is 0.451. The van der Waals surface area contributed by atoms with Crippen molar-refractivity contribution in [2.45, 2.75) is 30.7 Å². The van der Waals surface area contributed by atoms with E-state index < -0.39 is 5.25 Å². The number of thioether (sulfide) groups is 1. The minimum absolute atomic E-state index is 0.165. The highest BCUT2D eigenvalue weighted by Gasteiger charge is 2.16. The van der Waals surface area contributed by atoms with Crippen molar-refractivity contribution in [3.63, 3.8) is 0 Å². The molecule has 0 spiro atoms. The molecule has 26 heavy (non-hydrogen) atoms. The lowest BCUT2D eigenvalue weighted by molar-refractivity contribution is -0.120. The van der Waals surface area contributed by atoms with Crippen LogP contribution in [0.2, 0.25) is 0 Å². The van der Waals surface area contributed by atoms with E-state index in [1.165, 1.54) is 30.0 Å². The highest BCUT2D eigenvalue weighted by Crippen LogP contribution is 2.18. The highest BCUT2D eigenvalue weighted by atomic mass is 32.2. The molecule has 136 valence electrons. The fourth-order valence-corrected chi connectivity index (χ4v) is 3.31. The summed E-state index contributed by atoms with van der Waals surface area (Å²) < 4.78 is 13.2. The molecule has 0 fully saturated rings. The second-order valence-corrected chi connectivity index (χ2v) is 7.17. The molecular formula is C17H18FN5O2S. The van der Waals surface area contributed by atoms with Crippen molar-refractivity contribution in [2.24, 2.45) is 0 Å². The molecular weight excluding hydrogens is 357 g/mol. The van der Waals surface area contributed by atoms with E-state index in [0.717, 1.165) is 0 Å². The Morgan fingerprint density at radius 1 is 1.31 bits per heavy atom. The van der Waals surface area contributed by atoms with E-state index in [1.807, 2.05) is 0 Å². The standard InChI is InChI=1S/C17H18FN5O2S/c1-9-7-15(24)23-17(20-9)26-10(2)16(25)19-6-5-14-21-12-4-3-11(18)8-13(12)22-14/h3-4,7-8,10H,5-6H2,1-2H3,(H,19,25)(H,21,22)(H,20,23,24). The Bertz CT molecular complexity index is 1000. The Kier molecular flexibility index (Phi) is 5.36. The number of halogens is 1. The molecule has 3 aromatic rings. The molecule has 0 aliphatic carbocycles. The molecule has 0 bridgehead atoms. The maximum atomic E-state index is 13.2. The molecule has 1 aromatic carbocycles. The summed E-state index contributed by atoms with van der Waals surface area (Å²) in [6, 6.07) is 5.75. The molecule has 1 amide bonds. The van der Waals surface area contributed by atoms with Crippen LogP contribution in [0.1, 0.15) is 18.4 Å². The number of hydrogen-bond donors (Lipinski definition) is 3. The molecule has 3 N–H and O–H groups in total. The summed E-state index contributed by atoms with van der Waals surface area (Å²) in [6.45, 7) is 3.86. The second kappa shape index (κ2) is 7.69. The summed E-state index contributed by atoms with van der Waals surface area (Å²) in [5, 5.41) is 2.82. The molecule has 0 saturated carbocycles. The molecule has 1 unspecified atom stereocenters. The molecule has 0 radical (unpaired) electrons. The van der Waals surface area contributed by atoms with E-state index in [1.54, 1.807) is 19.9 Å². The van der Waals surface area contributed by atoms with Gasteiger partial charge in [-0.05, 0) is 32.0 Å². The number of fused-ring (bicyclic) bond motifs is 1. The van der Waals surface area contributed by atoms with Gasteiger partial charge in [-0.3, -0.25) is 9.59 Å². The zero-order valence-electron chi connectivity index (χ0n) is 14.3. The van der Waals surface area contributed by atoms with E-state index in [-0.39, 0.29) is 17.3 Å². The van der Waals surface area contributed by atoms with E-state index in [0.29, 0.717) is 40.7 Å². The van der Waals surface area contributed by atoms with Crippen LogP contribution in [0.5, 0.6) is 0 Å². The predicted octanol–water partition coefficient (Wildman–Crippen LogP) is 1.93. The number of benzene rings is 1.